The molecule has 0 radical (unpaired) electrons. The van der Waals surface area contributed by atoms with Crippen LogP contribution in [0.15, 0.2) is 24.3 Å². The van der Waals surface area contributed by atoms with Gasteiger partial charge in [-0.15, -0.1) is 0 Å². The maximum atomic E-state index is 11.0. The van der Waals surface area contributed by atoms with Crippen molar-refractivity contribution in [2.75, 3.05) is 7.11 Å². The predicted octanol–water partition coefficient (Wildman–Crippen LogP) is 1.83. The second kappa shape index (κ2) is 4.92. The van der Waals surface area contributed by atoms with E-state index in [-0.39, 0.29) is 5.97 Å². The number of hydrogen-bond acceptors (Lipinski definition) is 3. The van der Waals surface area contributed by atoms with Crippen molar-refractivity contribution < 1.29 is 9.53 Å². The van der Waals surface area contributed by atoms with E-state index in [1.165, 1.54) is 7.11 Å². The number of hydrogen-bond donors (Lipinski definition) is 1. The molecule has 0 spiro atoms. The number of benzene rings is 1. The zero-order valence-corrected chi connectivity index (χ0v) is 8.38. The van der Waals surface area contributed by atoms with Gasteiger partial charge in [0.05, 0.1) is 13.5 Å². The zero-order chi connectivity index (χ0) is 9.68. The Bertz CT molecular complexity index is 297. The molecule has 1 aromatic carbocycles. The summed E-state index contributed by atoms with van der Waals surface area (Å²) < 4.78 is 4.59. The van der Waals surface area contributed by atoms with E-state index in [9.17, 15) is 4.79 Å². The highest BCUT2D eigenvalue weighted by molar-refractivity contribution is 7.79. The van der Waals surface area contributed by atoms with Gasteiger partial charge in [-0.25, -0.2) is 0 Å². The van der Waals surface area contributed by atoms with Gasteiger partial charge in [0.15, 0.2) is 0 Å². The monoisotopic (exact) mass is 196 g/mol. The van der Waals surface area contributed by atoms with E-state index in [1.807, 2.05) is 24.3 Å². The van der Waals surface area contributed by atoms with Crippen LogP contribution in [0.1, 0.15) is 11.1 Å². The largest absolute Gasteiger partial charge is 0.469 e. The summed E-state index contributed by atoms with van der Waals surface area (Å²) in [4.78, 5) is 11.0. The van der Waals surface area contributed by atoms with E-state index in [2.05, 4.69) is 17.4 Å². The molecule has 0 amide bonds. The standard InChI is InChI=1S/C10H12O2S/c1-12-10(11)6-8-4-2-3-5-9(8)7-13/h2-5,13H,6-7H2,1H3. The van der Waals surface area contributed by atoms with E-state index in [4.69, 9.17) is 0 Å². The molecule has 0 saturated heterocycles. The van der Waals surface area contributed by atoms with Gasteiger partial charge < -0.3 is 4.74 Å². The molecule has 3 heteroatoms. The van der Waals surface area contributed by atoms with Gasteiger partial charge in [0.1, 0.15) is 0 Å². The number of methoxy groups -OCH3 is 1. The van der Waals surface area contributed by atoms with Crippen molar-refractivity contribution in [2.45, 2.75) is 12.2 Å². The Balaban J connectivity index is 2.81. The van der Waals surface area contributed by atoms with Crippen LogP contribution in [0.5, 0.6) is 0 Å². The molecule has 0 aliphatic heterocycles. The van der Waals surface area contributed by atoms with Crippen LogP contribution in [0.4, 0.5) is 0 Å². The van der Waals surface area contributed by atoms with Crippen molar-refractivity contribution in [1.29, 1.82) is 0 Å². The van der Waals surface area contributed by atoms with Gasteiger partial charge in [0, 0.05) is 5.75 Å². The Morgan fingerprint density at radius 1 is 1.38 bits per heavy atom. The topological polar surface area (TPSA) is 26.3 Å². The Labute approximate surface area is 83.3 Å². The molecule has 0 atom stereocenters. The Morgan fingerprint density at radius 3 is 2.54 bits per heavy atom. The minimum atomic E-state index is -0.214. The number of rotatable bonds is 3. The molecular formula is C10H12O2S. The van der Waals surface area contributed by atoms with Crippen LogP contribution in [0.25, 0.3) is 0 Å². The van der Waals surface area contributed by atoms with Gasteiger partial charge in [-0.3, -0.25) is 4.79 Å². The highest BCUT2D eigenvalue weighted by Gasteiger charge is 2.05. The molecule has 0 bridgehead atoms. The third kappa shape index (κ3) is 2.77. The minimum Gasteiger partial charge on any atom is -0.469 e. The molecular weight excluding hydrogens is 184 g/mol. The maximum Gasteiger partial charge on any atom is 0.309 e. The van der Waals surface area contributed by atoms with Gasteiger partial charge >= 0.3 is 5.97 Å². The molecule has 2 nitrogen and oxygen atoms in total. The second-order valence-electron chi connectivity index (χ2n) is 2.68. The maximum absolute atomic E-state index is 11.0. The predicted molar refractivity (Wildman–Crippen MR) is 54.9 cm³/mol. The molecule has 0 fully saturated rings. The summed E-state index contributed by atoms with van der Waals surface area (Å²) in [6.45, 7) is 0. The summed E-state index contributed by atoms with van der Waals surface area (Å²) in [6.07, 6.45) is 0.327. The Hall–Kier alpha value is -0.960. The molecule has 13 heavy (non-hydrogen) atoms. The smallest absolute Gasteiger partial charge is 0.309 e. The van der Waals surface area contributed by atoms with Crippen LogP contribution >= 0.6 is 12.6 Å². The first kappa shape index (κ1) is 10.1. The SMILES string of the molecule is COC(=O)Cc1ccccc1CS. The highest BCUT2D eigenvalue weighted by atomic mass is 32.1. The lowest BCUT2D eigenvalue weighted by Gasteiger charge is -2.04. The number of esters is 1. The minimum absolute atomic E-state index is 0.214. The number of thiol groups is 1. The normalized spacial score (nSPS) is 9.69. The summed E-state index contributed by atoms with van der Waals surface area (Å²) in [7, 11) is 1.39. The van der Waals surface area contributed by atoms with Crippen molar-refractivity contribution >= 4 is 18.6 Å². The third-order valence-electron chi connectivity index (χ3n) is 1.85. The Kier molecular flexibility index (Phi) is 3.83. The lowest BCUT2D eigenvalue weighted by molar-refractivity contribution is -0.139. The van der Waals surface area contributed by atoms with E-state index < -0.39 is 0 Å². The fraction of sp³-hybridized carbons (Fsp3) is 0.300. The first-order valence-corrected chi connectivity index (χ1v) is 4.65. The van der Waals surface area contributed by atoms with Crippen molar-refractivity contribution in [3.63, 3.8) is 0 Å². The summed E-state index contributed by atoms with van der Waals surface area (Å²) in [6, 6.07) is 7.73. The quantitative estimate of drug-likeness (QED) is 0.589. The van der Waals surface area contributed by atoms with Crippen LogP contribution < -0.4 is 0 Å². The van der Waals surface area contributed by atoms with Crippen LogP contribution in [-0.2, 0) is 21.7 Å². The summed E-state index contributed by atoms with van der Waals surface area (Å²) >= 11 is 4.18. The summed E-state index contributed by atoms with van der Waals surface area (Å²) in [5, 5.41) is 0. The molecule has 0 N–H and O–H groups in total. The molecule has 1 aromatic rings. The Morgan fingerprint density at radius 2 is 2.00 bits per heavy atom. The molecule has 0 aliphatic rings. The van der Waals surface area contributed by atoms with Gasteiger partial charge in [0.25, 0.3) is 0 Å². The third-order valence-corrected chi connectivity index (χ3v) is 2.19. The van der Waals surface area contributed by atoms with E-state index in [1.54, 1.807) is 0 Å². The number of carbonyl (C=O) groups is 1. The van der Waals surface area contributed by atoms with Crippen LogP contribution in [-0.4, -0.2) is 13.1 Å². The average molecular weight is 196 g/mol. The number of ether oxygens (including phenoxy) is 1. The molecule has 0 aliphatic carbocycles. The molecule has 70 valence electrons. The van der Waals surface area contributed by atoms with Gasteiger partial charge in [-0.2, -0.15) is 12.6 Å². The first-order chi connectivity index (χ1) is 6.27. The lowest BCUT2D eigenvalue weighted by Crippen LogP contribution is -2.06. The van der Waals surface area contributed by atoms with Gasteiger partial charge in [0.2, 0.25) is 0 Å². The fourth-order valence-corrected chi connectivity index (χ4v) is 1.42. The zero-order valence-electron chi connectivity index (χ0n) is 7.49. The molecule has 0 unspecified atom stereocenters. The van der Waals surface area contributed by atoms with Crippen LogP contribution in [0.2, 0.25) is 0 Å². The van der Waals surface area contributed by atoms with Crippen molar-refractivity contribution in [2.24, 2.45) is 0 Å². The summed E-state index contributed by atoms with van der Waals surface area (Å²) in [5.74, 6) is 0.432. The molecule has 0 aromatic heterocycles. The van der Waals surface area contributed by atoms with Gasteiger partial charge in [-0.05, 0) is 11.1 Å². The van der Waals surface area contributed by atoms with Crippen molar-refractivity contribution in [3.05, 3.63) is 35.4 Å². The summed E-state index contributed by atoms with van der Waals surface area (Å²) in [5.41, 5.74) is 2.07. The van der Waals surface area contributed by atoms with Crippen molar-refractivity contribution in [3.8, 4) is 0 Å². The number of carbonyl (C=O) groups excluding carboxylic acids is 1. The van der Waals surface area contributed by atoms with Gasteiger partial charge in [-0.1, -0.05) is 24.3 Å². The molecule has 1 rings (SSSR count). The van der Waals surface area contributed by atoms with E-state index in [0.29, 0.717) is 12.2 Å². The fourth-order valence-electron chi connectivity index (χ4n) is 1.11. The van der Waals surface area contributed by atoms with Crippen molar-refractivity contribution in [1.82, 2.24) is 0 Å². The van der Waals surface area contributed by atoms with E-state index >= 15 is 0 Å². The van der Waals surface area contributed by atoms with Crippen LogP contribution in [0.3, 0.4) is 0 Å². The lowest BCUT2D eigenvalue weighted by atomic mass is 10.1. The second-order valence-corrected chi connectivity index (χ2v) is 3.00. The van der Waals surface area contributed by atoms with Crippen LogP contribution in [0, 0.1) is 0 Å². The molecule has 0 heterocycles. The average Bonchev–Trinajstić information content (AvgIpc) is 2.18. The molecule has 0 saturated carbocycles. The highest BCUT2D eigenvalue weighted by Crippen LogP contribution is 2.11. The van der Waals surface area contributed by atoms with E-state index in [0.717, 1.165) is 11.1 Å². The first-order valence-electron chi connectivity index (χ1n) is 4.02.